The van der Waals surface area contributed by atoms with E-state index in [1.54, 1.807) is 36.4 Å². The van der Waals surface area contributed by atoms with Crippen LogP contribution in [0.1, 0.15) is 50.8 Å². The Morgan fingerprint density at radius 1 is 0.905 bits per heavy atom. The Bertz CT molecular complexity index is 1440. The fourth-order valence-corrected chi connectivity index (χ4v) is 5.97. The smallest absolute Gasteiger partial charge is 0.264 e. The molecule has 0 radical (unpaired) electrons. The SMILES string of the molecule is CCOc1ccc(N(CC(=O)N(Cc2ccccc2C)[C@H](CC)C(=O)NCC(C)C)S(=O)(=O)c2ccc(C)cc2)cc1. The highest BCUT2D eigenvalue weighted by Gasteiger charge is 2.34. The van der Waals surface area contributed by atoms with Gasteiger partial charge < -0.3 is 15.0 Å². The number of benzene rings is 3. The lowest BCUT2D eigenvalue weighted by molar-refractivity contribution is -0.140. The van der Waals surface area contributed by atoms with E-state index in [0.717, 1.165) is 21.0 Å². The molecule has 9 heteroatoms. The van der Waals surface area contributed by atoms with Gasteiger partial charge in [-0.2, -0.15) is 0 Å². The van der Waals surface area contributed by atoms with Crippen molar-refractivity contribution in [1.29, 1.82) is 0 Å². The summed E-state index contributed by atoms with van der Waals surface area (Å²) in [4.78, 5) is 29.1. The van der Waals surface area contributed by atoms with Crippen LogP contribution in [0.15, 0.2) is 77.7 Å². The van der Waals surface area contributed by atoms with Gasteiger partial charge in [-0.1, -0.05) is 62.7 Å². The van der Waals surface area contributed by atoms with Crippen LogP contribution in [0.25, 0.3) is 0 Å². The van der Waals surface area contributed by atoms with Crippen LogP contribution in [0.4, 0.5) is 5.69 Å². The van der Waals surface area contributed by atoms with Crippen LogP contribution >= 0.6 is 0 Å². The lowest BCUT2D eigenvalue weighted by Crippen LogP contribution is -2.52. The molecule has 2 amide bonds. The third kappa shape index (κ3) is 8.35. The van der Waals surface area contributed by atoms with Crippen molar-refractivity contribution in [2.24, 2.45) is 5.92 Å². The van der Waals surface area contributed by atoms with Crippen LogP contribution < -0.4 is 14.4 Å². The molecule has 42 heavy (non-hydrogen) atoms. The molecule has 1 atom stereocenters. The van der Waals surface area contributed by atoms with Crippen molar-refractivity contribution in [2.75, 3.05) is 24.0 Å². The maximum Gasteiger partial charge on any atom is 0.264 e. The van der Waals surface area contributed by atoms with Gasteiger partial charge in [0.15, 0.2) is 0 Å². The van der Waals surface area contributed by atoms with Crippen LogP contribution in [-0.4, -0.2) is 50.9 Å². The van der Waals surface area contributed by atoms with E-state index in [4.69, 9.17) is 4.74 Å². The fourth-order valence-electron chi connectivity index (χ4n) is 4.55. The molecule has 1 N–H and O–H groups in total. The molecule has 3 aromatic carbocycles. The Kier molecular flexibility index (Phi) is 11.6. The van der Waals surface area contributed by atoms with Gasteiger partial charge in [-0.25, -0.2) is 8.42 Å². The lowest BCUT2D eigenvalue weighted by Gasteiger charge is -2.33. The second-order valence-electron chi connectivity index (χ2n) is 10.8. The molecule has 0 aliphatic heterocycles. The Morgan fingerprint density at radius 2 is 1.55 bits per heavy atom. The number of rotatable bonds is 14. The van der Waals surface area contributed by atoms with Crippen LogP contribution in [0.3, 0.4) is 0 Å². The largest absolute Gasteiger partial charge is 0.494 e. The van der Waals surface area contributed by atoms with Gasteiger partial charge in [0.05, 0.1) is 17.2 Å². The van der Waals surface area contributed by atoms with Gasteiger partial charge in [-0.05, 0) is 80.6 Å². The van der Waals surface area contributed by atoms with E-state index in [9.17, 15) is 18.0 Å². The number of aryl methyl sites for hydroxylation is 2. The zero-order valence-electron chi connectivity index (χ0n) is 25.5. The number of anilines is 1. The minimum atomic E-state index is -4.14. The topological polar surface area (TPSA) is 96.0 Å². The number of hydrogen-bond acceptors (Lipinski definition) is 5. The van der Waals surface area contributed by atoms with Crippen LogP contribution in [0.5, 0.6) is 5.75 Å². The maximum atomic E-state index is 14.2. The molecule has 0 bridgehead atoms. The average molecular weight is 594 g/mol. The predicted octanol–water partition coefficient (Wildman–Crippen LogP) is 5.48. The van der Waals surface area contributed by atoms with Crippen molar-refractivity contribution in [3.8, 4) is 5.75 Å². The van der Waals surface area contributed by atoms with E-state index < -0.39 is 28.5 Å². The third-order valence-electron chi connectivity index (χ3n) is 7.00. The van der Waals surface area contributed by atoms with Gasteiger partial charge in [0.2, 0.25) is 11.8 Å². The highest BCUT2D eigenvalue weighted by atomic mass is 32.2. The molecule has 0 saturated heterocycles. The molecule has 8 nitrogen and oxygen atoms in total. The molecule has 3 rings (SSSR count). The predicted molar refractivity (Wildman–Crippen MR) is 167 cm³/mol. The number of carbonyl (C=O) groups excluding carboxylic acids is 2. The monoisotopic (exact) mass is 593 g/mol. The van der Waals surface area contributed by atoms with Gasteiger partial charge in [-0.3, -0.25) is 13.9 Å². The van der Waals surface area contributed by atoms with E-state index in [2.05, 4.69) is 5.32 Å². The molecular formula is C33H43N3O5S. The minimum Gasteiger partial charge on any atom is -0.494 e. The summed E-state index contributed by atoms with van der Waals surface area (Å²) in [6.45, 7) is 12.2. The molecule has 0 aliphatic rings. The summed E-state index contributed by atoms with van der Waals surface area (Å²) in [7, 11) is -4.14. The standard InChI is InChI=1S/C33H43N3O5S/c1-7-31(33(38)34-21-24(3)4)35(22-27-12-10-9-11-26(27)6)32(37)23-36(28-15-17-29(18-16-28)41-8-2)42(39,40)30-19-13-25(5)14-20-30/h9-20,24,31H,7-8,21-23H2,1-6H3,(H,34,38)/t31-/m1/s1. The van der Waals surface area contributed by atoms with Crippen molar-refractivity contribution >= 4 is 27.5 Å². The Labute approximate surface area is 250 Å². The summed E-state index contributed by atoms with van der Waals surface area (Å²) in [6, 6.07) is 20.0. The number of ether oxygens (including phenoxy) is 1. The number of nitrogens with zero attached hydrogens (tertiary/aromatic N) is 2. The minimum absolute atomic E-state index is 0.0713. The summed E-state index contributed by atoms with van der Waals surface area (Å²) in [5.41, 5.74) is 3.10. The molecular weight excluding hydrogens is 550 g/mol. The van der Waals surface area contributed by atoms with Crippen molar-refractivity contribution in [3.63, 3.8) is 0 Å². The Hall–Kier alpha value is -3.85. The van der Waals surface area contributed by atoms with Crippen molar-refractivity contribution in [3.05, 3.63) is 89.5 Å². The Balaban J connectivity index is 2.06. The molecule has 0 saturated carbocycles. The number of sulfonamides is 1. The first-order valence-corrected chi connectivity index (χ1v) is 15.9. The van der Waals surface area contributed by atoms with Gasteiger partial charge in [-0.15, -0.1) is 0 Å². The number of amides is 2. The highest BCUT2D eigenvalue weighted by Crippen LogP contribution is 2.27. The number of carbonyl (C=O) groups is 2. The first-order valence-electron chi connectivity index (χ1n) is 14.4. The van der Waals surface area contributed by atoms with Crippen molar-refractivity contribution < 1.29 is 22.7 Å². The normalized spacial score (nSPS) is 12.1. The second-order valence-corrected chi connectivity index (χ2v) is 12.6. The molecule has 0 aliphatic carbocycles. The summed E-state index contributed by atoms with van der Waals surface area (Å²) in [5, 5.41) is 2.95. The molecule has 0 fully saturated rings. The van der Waals surface area contributed by atoms with E-state index in [0.29, 0.717) is 31.0 Å². The van der Waals surface area contributed by atoms with Crippen LogP contribution in [0, 0.1) is 19.8 Å². The zero-order valence-corrected chi connectivity index (χ0v) is 26.3. The van der Waals surface area contributed by atoms with Gasteiger partial charge in [0, 0.05) is 13.1 Å². The van der Waals surface area contributed by atoms with Crippen molar-refractivity contribution in [2.45, 2.75) is 65.4 Å². The first-order chi connectivity index (χ1) is 20.0. The zero-order chi connectivity index (χ0) is 30.9. The fraction of sp³-hybridized carbons (Fsp3) is 0.394. The summed E-state index contributed by atoms with van der Waals surface area (Å²) in [5.74, 6) is 0.0904. The summed E-state index contributed by atoms with van der Waals surface area (Å²) in [6.07, 6.45) is 0.370. The molecule has 0 spiro atoms. The van der Waals surface area contributed by atoms with Gasteiger partial charge in [0.1, 0.15) is 18.3 Å². The average Bonchev–Trinajstić information content (AvgIpc) is 2.96. The third-order valence-corrected chi connectivity index (χ3v) is 8.78. The summed E-state index contributed by atoms with van der Waals surface area (Å²) < 4.78 is 34.7. The molecule has 0 heterocycles. The molecule has 3 aromatic rings. The highest BCUT2D eigenvalue weighted by molar-refractivity contribution is 7.92. The van der Waals surface area contributed by atoms with Gasteiger partial charge in [0.25, 0.3) is 10.0 Å². The first kappa shape index (κ1) is 32.7. The molecule has 226 valence electrons. The Morgan fingerprint density at radius 3 is 2.12 bits per heavy atom. The van der Waals surface area contributed by atoms with E-state index in [1.165, 1.54) is 17.0 Å². The van der Waals surface area contributed by atoms with Gasteiger partial charge >= 0.3 is 0 Å². The maximum absolute atomic E-state index is 14.2. The summed E-state index contributed by atoms with van der Waals surface area (Å²) >= 11 is 0. The van der Waals surface area contributed by atoms with Crippen LogP contribution in [-0.2, 0) is 26.2 Å². The number of nitrogens with one attached hydrogen (secondary N) is 1. The molecule has 0 aromatic heterocycles. The quantitative estimate of drug-likeness (QED) is 0.267. The van der Waals surface area contributed by atoms with E-state index >= 15 is 0 Å². The van der Waals surface area contributed by atoms with Crippen LogP contribution in [0.2, 0.25) is 0 Å². The van der Waals surface area contributed by atoms with E-state index in [1.807, 2.05) is 65.8 Å². The van der Waals surface area contributed by atoms with E-state index in [-0.39, 0.29) is 23.3 Å². The van der Waals surface area contributed by atoms with Crippen molar-refractivity contribution in [1.82, 2.24) is 10.2 Å². The number of hydrogen-bond donors (Lipinski definition) is 1. The lowest BCUT2D eigenvalue weighted by atomic mass is 10.1. The second kappa shape index (κ2) is 14.9. The molecule has 0 unspecified atom stereocenters.